The Balaban J connectivity index is 1.29. The number of nitrogens with one attached hydrogen (secondary N) is 4. The molecular weight excluding hydrogens is 1140 g/mol. The average molecular weight is 1230 g/mol. The van der Waals surface area contributed by atoms with Crippen molar-refractivity contribution in [1.82, 2.24) is 21.3 Å². The second-order valence-corrected chi connectivity index (χ2v) is 19.4. The second-order valence-electron chi connectivity index (χ2n) is 19.4. The number of amides is 3. The Kier molecular flexibility index (Phi) is 40.2. The third kappa shape index (κ3) is 29.1. The average Bonchev–Trinajstić information content (AvgIpc) is 3.51. The molecule has 0 aromatic heterocycles. The number of hydrogen-bond donors (Lipinski definition) is 16. The first-order chi connectivity index (χ1) is 40.5. The van der Waals surface area contributed by atoms with Crippen molar-refractivity contribution in [2.24, 2.45) is 0 Å². The molecule has 34 nitrogen and oxygen atoms in total. The van der Waals surface area contributed by atoms with Gasteiger partial charge in [-0.3, -0.25) is 14.4 Å². The van der Waals surface area contributed by atoms with Crippen molar-refractivity contribution in [1.29, 1.82) is 0 Å². The summed E-state index contributed by atoms with van der Waals surface area (Å²) in [5.74, 6) is -0.893. The molecule has 3 fully saturated rings. The van der Waals surface area contributed by atoms with Gasteiger partial charge in [-0.25, -0.2) is 0 Å². The highest BCUT2D eigenvalue weighted by Crippen LogP contribution is 2.24. The minimum atomic E-state index is -1.55. The van der Waals surface area contributed by atoms with Crippen LogP contribution in [-0.4, -0.2) is 362 Å². The molecule has 0 aromatic rings. The molecule has 16 N–H and O–H groups in total. The third-order valence-corrected chi connectivity index (χ3v) is 13.0. The highest BCUT2D eigenvalue weighted by molar-refractivity contribution is 5.76. The topological polar surface area (TPSA) is 481 Å². The number of likely N-dealkylation sites (N-methyl/N-ethyl adjacent to an activating group) is 1. The first-order valence-electron chi connectivity index (χ1n) is 28.0. The van der Waals surface area contributed by atoms with Gasteiger partial charge in [0.05, 0.1) is 164 Å². The summed E-state index contributed by atoms with van der Waals surface area (Å²) in [6.07, 6.45) is -20.7. The predicted octanol–water partition coefficient (Wildman–Crippen LogP) is -9.94. The van der Waals surface area contributed by atoms with Crippen molar-refractivity contribution < 1.29 is 147 Å². The van der Waals surface area contributed by atoms with Gasteiger partial charge in [0.15, 0.2) is 18.9 Å². The van der Waals surface area contributed by atoms with Gasteiger partial charge in [-0.2, -0.15) is 0 Å². The van der Waals surface area contributed by atoms with E-state index in [0.717, 1.165) is 0 Å². The summed E-state index contributed by atoms with van der Waals surface area (Å²) >= 11 is 0. The lowest BCUT2D eigenvalue weighted by molar-refractivity contribution is -0.302. The van der Waals surface area contributed by atoms with Crippen LogP contribution in [0.3, 0.4) is 0 Å². The SMILES string of the molecule is CNC(COCCC(=O)NCCOCCOCCO[C@H]1OC(CO)[C@@H](O)[C@H](O)C1O)(COCCC(=O)NCCOCCOCCO[C@H]1OC(CO)[C@@H](O)[C@H](O)C1O)COCCC(=O)NCCOCCOCCO[C@H]1OC(CO)[C@@H](O)[C@H](O)C1O. The molecule has 6 unspecified atom stereocenters. The number of carbonyl (C=O) groups excluding carboxylic acids is 3. The van der Waals surface area contributed by atoms with E-state index in [0.29, 0.717) is 0 Å². The van der Waals surface area contributed by atoms with Crippen LogP contribution in [0.1, 0.15) is 19.3 Å². The zero-order chi connectivity index (χ0) is 61.5. The van der Waals surface area contributed by atoms with Gasteiger partial charge in [-0.05, 0) is 7.05 Å². The molecule has 0 saturated carbocycles. The molecule has 84 heavy (non-hydrogen) atoms. The number of aliphatic hydroxyl groups excluding tert-OH is 12. The van der Waals surface area contributed by atoms with E-state index in [1.807, 2.05) is 0 Å². The minimum absolute atomic E-state index is 0.0137. The van der Waals surface area contributed by atoms with Crippen molar-refractivity contribution in [3.05, 3.63) is 0 Å². The van der Waals surface area contributed by atoms with E-state index in [-0.39, 0.29) is 195 Å². The normalized spacial score (nSPS) is 28.9. The van der Waals surface area contributed by atoms with Gasteiger partial charge in [0.1, 0.15) is 73.2 Å². The monoisotopic (exact) mass is 1230 g/mol. The van der Waals surface area contributed by atoms with Crippen molar-refractivity contribution >= 4 is 17.7 Å². The van der Waals surface area contributed by atoms with Crippen LogP contribution in [0, 0.1) is 0 Å². The van der Waals surface area contributed by atoms with E-state index in [1.54, 1.807) is 7.05 Å². The van der Waals surface area contributed by atoms with Gasteiger partial charge in [-0.15, -0.1) is 0 Å². The molecular formula is C50H94N4O30. The Morgan fingerprint density at radius 1 is 0.345 bits per heavy atom. The summed E-state index contributed by atoms with van der Waals surface area (Å²) in [6.45, 7) is 1.05. The standard InChI is InChI=1S/C50H94N4O30/c1-51-50(29-76-8-2-35(58)52-5-11-70-14-17-73-20-23-79-47-44(67)41(64)38(61)32(26-55)82-47,30-77-9-3-36(59)53-6-12-71-15-18-74-21-24-80-48-45(68)42(65)39(62)33(27-56)83-48)31-78-10-4-37(60)54-7-13-72-16-19-75-22-25-81-49-46(69)43(66)40(63)34(28-57)84-49/h32-34,38-49,51,55-57,61-69H,2-31H2,1H3,(H,52,58)(H,53,59)(H,54,60)/t32?,33?,34?,38-,39-,40-,41+,42+,43+,44?,45?,46?,47+,48+,49+,50?/m1/s1. The number of hydrogen-bond acceptors (Lipinski definition) is 31. The molecule has 3 amide bonds. The molecule has 0 spiro atoms. The van der Waals surface area contributed by atoms with Crippen molar-refractivity contribution in [2.45, 2.75) is 117 Å². The molecule has 34 heteroatoms. The summed E-state index contributed by atoms with van der Waals surface area (Å²) in [6, 6.07) is 0. The maximum Gasteiger partial charge on any atom is 0.222 e. The second kappa shape index (κ2) is 44.7. The Labute approximate surface area is 487 Å². The summed E-state index contributed by atoms with van der Waals surface area (Å²) in [5, 5.41) is 129. The van der Waals surface area contributed by atoms with Gasteiger partial charge in [-0.1, -0.05) is 0 Å². The highest BCUT2D eigenvalue weighted by Gasteiger charge is 2.46. The van der Waals surface area contributed by atoms with Crippen LogP contribution in [0.4, 0.5) is 0 Å². The largest absolute Gasteiger partial charge is 0.394 e. The maximum absolute atomic E-state index is 12.6. The third-order valence-electron chi connectivity index (χ3n) is 13.0. The Bertz CT molecular complexity index is 1520. The molecule has 494 valence electrons. The summed E-state index contributed by atoms with van der Waals surface area (Å²) in [7, 11) is 1.66. The fraction of sp³-hybridized carbons (Fsp3) is 0.940. The van der Waals surface area contributed by atoms with Crippen molar-refractivity contribution in [3.8, 4) is 0 Å². The van der Waals surface area contributed by atoms with Crippen LogP contribution in [0.25, 0.3) is 0 Å². The molecule has 15 atom stereocenters. The van der Waals surface area contributed by atoms with E-state index < -0.39 is 117 Å². The van der Waals surface area contributed by atoms with Crippen LogP contribution in [0.5, 0.6) is 0 Å². The lowest BCUT2D eigenvalue weighted by Gasteiger charge is -2.39. The number of carbonyl (C=O) groups is 3. The molecule has 0 aliphatic carbocycles. The summed E-state index contributed by atoms with van der Waals surface area (Å²) < 4.78 is 82.3. The highest BCUT2D eigenvalue weighted by atomic mass is 16.7. The minimum Gasteiger partial charge on any atom is -0.394 e. The van der Waals surface area contributed by atoms with Gasteiger partial charge in [0.25, 0.3) is 0 Å². The fourth-order valence-corrected chi connectivity index (χ4v) is 7.94. The maximum atomic E-state index is 12.6. The molecule has 3 aliphatic heterocycles. The summed E-state index contributed by atoms with van der Waals surface area (Å²) in [4.78, 5) is 37.7. The van der Waals surface area contributed by atoms with Crippen molar-refractivity contribution in [2.75, 3.05) is 185 Å². The number of ether oxygens (including phenoxy) is 15. The molecule has 3 saturated heterocycles. The zero-order valence-corrected chi connectivity index (χ0v) is 47.6. The first kappa shape index (κ1) is 75.5. The molecule has 0 radical (unpaired) electrons. The molecule has 3 heterocycles. The first-order valence-corrected chi connectivity index (χ1v) is 28.0. The van der Waals surface area contributed by atoms with E-state index in [1.165, 1.54) is 0 Å². The predicted molar refractivity (Wildman–Crippen MR) is 281 cm³/mol. The van der Waals surface area contributed by atoms with Gasteiger partial charge in [0.2, 0.25) is 17.7 Å². The molecule has 0 bridgehead atoms. The fourth-order valence-electron chi connectivity index (χ4n) is 7.94. The lowest BCUT2D eigenvalue weighted by Crippen LogP contribution is -2.59. The Morgan fingerprint density at radius 2 is 0.595 bits per heavy atom. The van der Waals surface area contributed by atoms with Crippen LogP contribution >= 0.6 is 0 Å². The smallest absolute Gasteiger partial charge is 0.222 e. The molecule has 3 aliphatic rings. The molecule has 3 rings (SSSR count). The van der Waals surface area contributed by atoms with E-state index >= 15 is 0 Å². The quantitative estimate of drug-likeness (QED) is 0.0252. The van der Waals surface area contributed by atoms with Crippen LogP contribution in [0.2, 0.25) is 0 Å². The van der Waals surface area contributed by atoms with E-state index in [2.05, 4.69) is 21.3 Å². The summed E-state index contributed by atoms with van der Waals surface area (Å²) in [5.41, 5.74) is -0.963. The Morgan fingerprint density at radius 3 is 0.845 bits per heavy atom. The Hall–Kier alpha value is -2.71. The lowest BCUT2D eigenvalue weighted by atomic mass is 9.99. The zero-order valence-electron chi connectivity index (χ0n) is 47.6. The van der Waals surface area contributed by atoms with Crippen LogP contribution in [0.15, 0.2) is 0 Å². The van der Waals surface area contributed by atoms with E-state index in [9.17, 15) is 75.7 Å². The van der Waals surface area contributed by atoms with Crippen LogP contribution in [-0.2, 0) is 85.4 Å². The van der Waals surface area contributed by atoms with E-state index in [4.69, 9.17) is 71.1 Å². The molecule has 0 aromatic carbocycles. The number of rotatable bonds is 49. The van der Waals surface area contributed by atoms with Gasteiger partial charge in [0, 0.05) is 38.9 Å². The van der Waals surface area contributed by atoms with Crippen LogP contribution < -0.4 is 21.3 Å². The van der Waals surface area contributed by atoms with Crippen molar-refractivity contribution in [3.63, 3.8) is 0 Å². The van der Waals surface area contributed by atoms with Gasteiger partial charge >= 0.3 is 0 Å². The number of aliphatic hydroxyl groups is 12. The van der Waals surface area contributed by atoms with Gasteiger partial charge < -0.3 is 154 Å².